The van der Waals surface area contributed by atoms with Crippen molar-refractivity contribution in [3.05, 3.63) is 58.6 Å². The first kappa shape index (κ1) is 13.7. The molecule has 4 rings (SSSR count). The van der Waals surface area contributed by atoms with Crippen LogP contribution >= 0.6 is 15.9 Å². The number of hydrogen-bond acceptors (Lipinski definition) is 3. The Morgan fingerprint density at radius 3 is 3.00 bits per heavy atom. The third kappa shape index (κ3) is 2.27. The third-order valence-corrected chi connectivity index (χ3v) is 4.80. The van der Waals surface area contributed by atoms with Crippen LogP contribution in [0.25, 0.3) is 5.65 Å². The van der Waals surface area contributed by atoms with Gasteiger partial charge < -0.3 is 4.90 Å². The standard InChI is InChI=1S/C16H14BrFN4/c17-13-10-11(18)3-4-12(13)14-2-1-8-21(14)15-6-9-22-16(20-15)5-7-19-22/h3-7,9-10,14H,1-2,8H2/t14-/m1/s1. The number of halogens is 2. The minimum absolute atomic E-state index is 0.216. The Balaban J connectivity index is 1.73. The fourth-order valence-corrected chi connectivity index (χ4v) is 3.71. The first-order valence-corrected chi connectivity index (χ1v) is 8.04. The zero-order chi connectivity index (χ0) is 15.1. The van der Waals surface area contributed by atoms with Gasteiger partial charge in [0.1, 0.15) is 11.6 Å². The van der Waals surface area contributed by atoms with E-state index in [2.05, 4.69) is 30.9 Å². The predicted octanol–water partition coefficient (Wildman–Crippen LogP) is 3.97. The fraction of sp³-hybridized carbons (Fsp3) is 0.250. The lowest BCUT2D eigenvalue weighted by Crippen LogP contribution is -2.24. The molecule has 3 heterocycles. The van der Waals surface area contributed by atoms with Crippen LogP contribution < -0.4 is 4.90 Å². The van der Waals surface area contributed by atoms with Gasteiger partial charge in [-0.1, -0.05) is 22.0 Å². The Morgan fingerprint density at radius 1 is 1.23 bits per heavy atom. The highest BCUT2D eigenvalue weighted by atomic mass is 79.9. The summed E-state index contributed by atoms with van der Waals surface area (Å²) >= 11 is 3.49. The maximum atomic E-state index is 13.3. The molecule has 1 fully saturated rings. The molecule has 22 heavy (non-hydrogen) atoms. The van der Waals surface area contributed by atoms with Crippen LogP contribution in [0.3, 0.4) is 0 Å². The van der Waals surface area contributed by atoms with E-state index < -0.39 is 0 Å². The highest BCUT2D eigenvalue weighted by Gasteiger charge is 2.28. The lowest BCUT2D eigenvalue weighted by molar-refractivity contribution is 0.622. The largest absolute Gasteiger partial charge is 0.349 e. The Labute approximate surface area is 135 Å². The summed E-state index contributed by atoms with van der Waals surface area (Å²) in [7, 11) is 0. The topological polar surface area (TPSA) is 33.4 Å². The van der Waals surface area contributed by atoms with E-state index in [1.54, 1.807) is 10.7 Å². The lowest BCUT2D eigenvalue weighted by Gasteiger charge is -2.27. The van der Waals surface area contributed by atoms with E-state index in [9.17, 15) is 4.39 Å². The van der Waals surface area contributed by atoms with E-state index in [0.717, 1.165) is 40.9 Å². The number of fused-ring (bicyclic) bond motifs is 1. The average Bonchev–Trinajstić information content (AvgIpc) is 3.15. The zero-order valence-electron chi connectivity index (χ0n) is 11.8. The van der Waals surface area contributed by atoms with Gasteiger partial charge in [0, 0.05) is 23.3 Å². The van der Waals surface area contributed by atoms with Gasteiger partial charge in [0.2, 0.25) is 0 Å². The maximum absolute atomic E-state index is 13.3. The van der Waals surface area contributed by atoms with Gasteiger partial charge in [0.15, 0.2) is 5.65 Å². The first-order chi connectivity index (χ1) is 10.7. The van der Waals surface area contributed by atoms with Crippen molar-refractivity contribution >= 4 is 27.4 Å². The molecular weight excluding hydrogens is 347 g/mol. The van der Waals surface area contributed by atoms with Crippen LogP contribution in [0.2, 0.25) is 0 Å². The molecule has 0 unspecified atom stereocenters. The Hall–Kier alpha value is -1.95. The number of benzene rings is 1. The number of rotatable bonds is 2. The normalized spacial score (nSPS) is 18.3. The molecule has 4 nitrogen and oxygen atoms in total. The van der Waals surface area contributed by atoms with Gasteiger partial charge in [0.25, 0.3) is 0 Å². The van der Waals surface area contributed by atoms with E-state index in [1.165, 1.54) is 12.1 Å². The molecule has 0 spiro atoms. The quantitative estimate of drug-likeness (QED) is 0.693. The number of aromatic nitrogens is 3. The fourth-order valence-electron chi connectivity index (χ4n) is 3.10. The Bertz CT molecular complexity index is 832. The van der Waals surface area contributed by atoms with Crippen molar-refractivity contribution in [1.29, 1.82) is 0 Å². The molecule has 1 saturated heterocycles. The van der Waals surface area contributed by atoms with E-state index in [4.69, 9.17) is 0 Å². The van der Waals surface area contributed by atoms with Gasteiger partial charge in [-0.05, 0) is 36.6 Å². The average molecular weight is 361 g/mol. The summed E-state index contributed by atoms with van der Waals surface area (Å²) in [5.41, 5.74) is 1.94. The SMILES string of the molecule is Fc1ccc([C@H]2CCCN2c2ccn3nccc3n2)c(Br)c1. The van der Waals surface area contributed by atoms with Gasteiger partial charge in [-0.15, -0.1) is 0 Å². The molecule has 1 aliphatic heterocycles. The molecule has 2 aromatic heterocycles. The van der Waals surface area contributed by atoms with Crippen molar-refractivity contribution in [3.63, 3.8) is 0 Å². The second-order valence-electron chi connectivity index (χ2n) is 5.44. The molecule has 1 aliphatic rings. The molecule has 3 aromatic rings. The van der Waals surface area contributed by atoms with Gasteiger partial charge in [-0.2, -0.15) is 5.10 Å². The molecule has 0 saturated carbocycles. The number of hydrogen-bond donors (Lipinski definition) is 0. The van der Waals surface area contributed by atoms with Crippen molar-refractivity contribution in [2.75, 3.05) is 11.4 Å². The molecule has 0 radical (unpaired) electrons. The lowest BCUT2D eigenvalue weighted by atomic mass is 10.0. The number of anilines is 1. The molecule has 1 atom stereocenters. The van der Waals surface area contributed by atoms with Gasteiger partial charge in [-0.25, -0.2) is 13.9 Å². The highest BCUT2D eigenvalue weighted by Crippen LogP contribution is 2.38. The Morgan fingerprint density at radius 2 is 2.14 bits per heavy atom. The molecule has 0 amide bonds. The van der Waals surface area contributed by atoms with Crippen LogP contribution in [0.4, 0.5) is 10.2 Å². The molecule has 0 bridgehead atoms. The summed E-state index contributed by atoms with van der Waals surface area (Å²) in [5, 5.41) is 4.17. The van der Waals surface area contributed by atoms with E-state index in [0.29, 0.717) is 0 Å². The van der Waals surface area contributed by atoms with Crippen LogP contribution in [0, 0.1) is 5.82 Å². The van der Waals surface area contributed by atoms with Gasteiger partial charge in [-0.3, -0.25) is 0 Å². The van der Waals surface area contributed by atoms with E-state index >= 15 is 0 Å². The summed E-state index contributed by atoms with van der Waals surface area (Å²) in [6, 6.07) is 8.99. The second-order valence-corrected chi connectivity index (χ2v) is 6.29. The van der Waals surface area contributed by atoms with Crippen LogP contribution in [0.15, 0.2) is 47.2 Å². The van der Waals surface area contributed by atoms with Crippen LogP contribution in [0.5, 0.6) is 0 Å². The molecule has 1 aromatic carbocycles. The van der Waals surface area contributed by atoms with E-state index in [1.807, 2.05) is 24.4 Å². The molecule has 0 aliphatic carbocycles. The van der Waals surface area contributed by atoms with Crippen molar-refractivity contribution in [3.8, 4) is 0 Å². The van der Waals surface area contributed by atoms with Crippen molar-refractivity contribution in [2.24, 2.45) is 0 Å². The van der Waals surface area contributed by atoms with Crippen LogP contribution in [0.1, 0.15) is 24.4 Å². The summed E-state index contributed by atoms with van der Waals surface area (Å²) in [5.74, 6) is 0.714. The third-order valence-electron chi connectivity index (χ3n) is 4.11. The highest BCUT2D eigenvalue weighted by molar-refractivity contribution is 9.10. The minimum Gasteiger partial charge on any atom is -0.349 e. The van der Waals surface area contributed by atoms with Gasteiger partial charge in [0.05, 0.1) is 12.2 Å². The summed E-state index contributed by atoms with van der Waals surface area (Å²) in [6.07, 6.45) is 5.80. The van der Waals surface area contributed by atoms with Gasteiger partial charge >= 0.3 is 0 Å². The number of nitrogens with zero attached hydrogens (tertiary/aromatic N) is 4. The minimum atomic E-state index is -0.223. The summed E-state index contributed by atoms with van der Waals surface area (Å²) in [6.45, 7) is 0.950. The monoisotopic (exact) mass is 360 g/mol. The van der Waals surface area contributed by atoms with Crippen LogP contribution in [-0.4, -0.2) is 21.1 Å². The molecule has 0 N–H and O–H groups in total. The molecule has 112 valence electrons. The smallest absolute Gasteiger partial charge is 0.157 e. The maximum Gasteiger partial charge on any atom is 0.157 e. The summed E-state index contributed by atoms with van der Waals surface area (Å²) < 4.78 is 15.9. The Kier molecular flexibility index (Phi) is 3.33. The van der Waals surface area contributed by atoms with Crippen LogP contribution in [-0.2, 0) is 0 Å². The van der Waals surface area contributed by atoms with Crippen molar-refractivity contribution < 1.29 is 4.39 Å². The zero-order valence-corrected chi connectivity index (χ0v) is 13.4. The van der Waals surface area contributed by atoms with E-state index in [-0.39, 0.29) is 11.9 Å². The molecular formula is C16H14BrFN4. The van der Waals surface area contributed by atoms with Crippen molar-refractivity contribution in [2.45, 2.75) is 18.9 Å². The second kappa shape index (κ2) is 5.35. The molecule has 6 heteroatoms. The summed E-state index contributed by atoms with van der Waals surface area (Å²) in [4.78, 5) is 6.96. The predicted molar refractivity (Wildman–Crippen MR) is 86.4 cm³/mol. The van der Waals surface area contributed by atoms with Crippen molar-refractivity contribution in [1.82, 2.24) is 14.6 Å². The first-order valence-electron chi connectivity index (χ1n) is 7.24.